The topological polar surface area (TPSA) is 47.7 Å². The summed E-state index contributed by atoms with van der Waals surface area (Å²) in [6.45, 7) is 11.2. The van der Waals surface area contributed by atoms with Gasteiger partial charge in [0.1, 0.15) is 0 Å². The summed E-state index contributed by atoms with van der Waals surface area (Å²) in [5, 5.41) is 12.5. The first-order valence-electron chi connectivity index (χ1n) is 7.45. The summed E-state index contributed by atoms with van der Waals surface area (Å²) in [5.41, 5.74) is 4.47. The van der Waals surface area contributed by atoms with Gasteiger partial charge < -0.3 is 5.32 Å². The van der Waals surface area contributed by atoms with Gasteiger partial charge in [-0.15, -0.1) is 0 Å². The normalized spacial score (nSPS) is 11.0. The summed E-state index contributed by atoms with van der Waals surface area (Å²) in [6, 6.07) is 2.15. The van der Waals surface area contributed by atoms with E-state index in [0.717, 1.165) is 49.6 Å². The molecule has 0 atom stereocenters. The van der Waals surface area contributed by atoms with Crippen molar-refractivity contribution >= 4 is 5.69 Å². The maximum atomic E-state index is 4.53. The first-order valence-corrected chi connectivity index (χ1v) is 7.45. The van der Waals surface area contributed by atoms with E-state index < -0.39 is 0 Å². The second-order valence-electron chi connectivity index (χ2n) is 5.25. The largest absolute Gasteiger partial charge is 0.377 e. The third-order valence-electron chi connectivity index (χ3n) is 3.28. The van der Waals surface area contributed by atoms with E-state index in [-0.39, 0.29) is 0 Å². The molecule has 20 heavy (non-hydrogen) atoms. The highest BCUT2D eigenvalue weighted by Crippen LogP contribution is 2.15. The Morgan fingerprint density at radius 1 is 1.10 bits per heavy atom. The summed E-state index contributed by atoms with van der Waals surface area (Å²) >= 11 is 0. The predicted molar refractivity (Wildman–Crippen MR) is 81.8 cm³/mol. The molecule has 2 aromatic rings. The van der Waals surface area contributed by atoms with Crippen molar-refractivity contribution in [2.24, 2.45) is 0 Å². The number of nitrogens with zero attached hydrogens (tertiary/aromatic N) is 4. The van der Waals surface area contributed by atoms with Crippen molar-refractivity contribution in [3.05, 3.63) is 29.3 Å². The van der Waals surface area contributed by atoms with Crippen LogP contribution in [0, 0.1) is 13.8 Å². The van der Waals surface area contributed by atoms with Crippen LogP contribution in [0.15, 0.2) is 12.3 Å². The summed E-state index contributed by atoms with van der Waals surface area (Å²) in [7, 11) is 0. The number of hydrogen-bond acceptors (Lipinski definition) is 3. The van der Waals surface area contributed by atoms with Crippen LogP contribution in [0.3, 0.4) is 0 Å². The van der Waals surface area contributed by atoms with Gasteiger partial charge in [-0.3, -0.25) is 9.36 Å². The molecule has 0 aliphatic heterocycles. The second-order valence-corrected chi connectivity index (χ2v) is 5.25. The van der Waals surface area contributed by atoms with Crippen molar-refractivity contribution in [1.29, 1.82) is 0 Å². The molecule has 5 heteroatoms. The number of aryl methyl sites for hydroxylation is 4. The molecule has 2 aromatic heterocycles. The van der Waals surface area contributed by atoms with E-state index in [4.69, 9.17) is 0 Å². The van der Waals surface area contributed by atoms with Crippen LogP contribution in [0.4, 0.5) is 5.69 Å². The Labute approximate surface area is 121 Å². The SMILES string of the molecule is CCCn1cc(NCc2cc(C)nn2CCC)c(C)n1. The van der Waals surface area contributed by atoms with Crippen molar-refractivity contribution in [3.63, 3.8) is 0 Å². The number of nitrogens with one attached hydrogen (secondary N) is 1. The van der Waals surface area contributed by atoms with Gasteiger partial charge in [0.05, 0.1) is 29.3 Å². The lowest BCUT2D eigenvalue weighted by atomic mass is 10.3. The van der Waals surface area contributed by atoms with Crippen LogP contribution in [0.25, 0.3) is 0 Å². The van der Waals surface area contributed by atoms with E-state index in [1.807, 2.05) is 18.5 Å². The molecule has 0 bridgehead atoms. The highest BCUT2D eigenvalue weighted by atomic mass is 15.3. The number of rotatable bonds is 7. The summed E-state index contributed by atoms with van der Waals surface area (Å²) < 4.78 is 4.10. The Morgan fingerprint density at radius 2 is 1.85 bits per heavy atom. The fraction of sp³-hybridized carbons (Fsp3) is 0.600. The molecule has 2 rings (SSSR count). The average molecular weight is 275 g/mol. The smallest absolute Gasteiger partial charge is 0.0825 e. The Balaban J connectivity index is 2.04. The third kappa shape index (κ3) is 3.40. The van der Waals surface area contributed by atoms with E-state index in [9.17, 15) is 0 Å². The number of hydrogen-bond donors (Lipinski definition) is 1. The first-order chi connectivity index (χ1) is 9.63. The van der Waals surface area contributed by atoms with Gasteiger partial charge in [0.15, 0.2) is 0 Å². The Kier molecular flexibility index (Phi) is 4.82. The van der Waals surface area contributed by atoms with Crippen molar-refractivity contribution < 1.29 is 0 Å². The Morgan fingerprint density at radius 3 is 2.55 bits per heavy atom. The minimum absolute atomic E-state index is 0.791. The minimum atomic E-state index is 0.791. The molecule has 2 heterocycles. The van der Waals surface area contributed by atoms with Gasteiger partial charge in [-0.2, -0.15) is 10.2 Å². The first kappa shape index (κ1) is 14.6. The maximum absolute atomic E-state index is 4.53. The fourth-order valence-electron chi connectivity index (χ4n) is 2.37. The van der Waals surface area contributed by atoms with Crippen molar-refractivity contribution in [2.75, 3.05) is 5.32 Å². The van der Waals surface area contributed by atoms with E-state index in [2.05, 4.69) is 46.3 Å². The molecule has 0 spiro atoms. The molecule has 0 unspecified atom stereocenters. The highest BCUT2D eigenvalue weighted by Gasteiger charge is 2.07. The van der Waals surface area contributed by atoms with Gasteiger partial charge >= 0.3 is 0 Å². The van der Waals surface area contributed by atoms with Gasteiger partial charge in [-0.1, -0.05) is 13.8 Å². The third-order valence-corrected chi connectivity index (χ3v) is 3.28. The Hall–Kier alpha value is -1.78. The molecule has 0 aromatic carbocycles. The molecule has 1 N–H and O–H groups in total. The van der Waals surface area contributed by atoms with Crippen LogP contribution in [-0.2, 0) is 19.6 Å². The minimum Gasteiger partial charge on any atom is -0.377 e. The molecule has 110 valence electrons. The molecule has 0 aliphatic rings. The van der Waals surface area contributed by atoms with E-state index >= 15 is 0 Å². The lowest BCUT2D eigenvalue weighted by Gasteiger charge is -2.07. The van der Waals surface area contributed by atoms with Gasteiger partial charge in [-0.05, 0) is 32.8 Å². The molecule has 0 radical (unpaired) electrons. The highest BCUT2D eigenvalue weighted by molar-refractivity contribution is 5.45. The van der Waals surface area contributed by atoms with Gasteiger partial charge in [-0.25, -0.2) is 0 Å². The molecule has 0 aliphatic carbocycles. The van der Waals surface area contributed by atoms with E-state index in [0.29, 0.717) is 0 Å². The molecule has 0 fully saturated rings. The number of aromatic nitrogens is 4. The summed E-state index contributed by atoms with van der Waals surface area (Å²) in [5.74, 6) is 0. The molecule has 0 saturated carbocycles. The zero-order valence-electron chi connectivity index (χ0n) is 13.0. The van der Waals surface area contributed by atoms with Crippen molar-refractivity contribution in [2.45, 2.75) is 60.2 Å². The standard InChI is InChI=1S/C15H25N5/c1-5-7-19-11-15(13(4)18-19)16-10-14-9-12(3)17-20(14)8-6-2/h9,11,16H,5-8,10H2,1-4H3. The van der Waals surface area contributed by atoms with Crippen LogP contribution in [-0.4, -0.2) is 19.6 Å². The quantitative estimate of drug-likeness (QED) is 0.844. The lowest BCUT2D eigenvalue weighted by Crippen LogP contribution is -2.09. The zero-order valence-corrected chi connectivity index (χ0v) is 13.0. The van der Waals surface area contributed by atoms with Crippen molar-refractivity contribution in [1.82, 2.24) is 19.6 Å². The second kappa shape index (κ2) is 6.59. The van der Waals surface area contributed by atoms with Gasteiger partial charge in [0.2, 0.25) is 0 Å². The van der Waals surface area contributed by atoms with E-state index in [1.165, 1.54) is 5.69 Å². The average Bonchev–Trinajstić information content (AvgIpc) is 2.91. The lowest BCUT2D eigenvalue weighted by molar-refractivity contribution is 0.575. The summed E-state index contributed by atoms with van der Waals surface area (Å²) in [6.07, 6.45) is 4.29. The zero-order chi connectivity index (χ0) is 14.5. The fourth-order valence-corrected chi connectivity index (χ4v) is 2.37. The number of anilines is 1. The maximum Gasteiger partial charge on any atom is 0.0825 e. The monoisotopic (exact) mass is 275 g/mol. The van der Waals surface area contributed by atoms with E-state index in [1.54, 1.807) is 0 Å². The Bertz CT molecular complexity index is 553. The molecule has 0 saturated heterocycles. The molecular weight excluding hydrogens is 250 g/mol. The predicted octanol–water partition coefficient (Wildman–Crippen LogP) is 3.13. The molecule has 0 amide bonds. The van der Waals surface area contributed by atoms with Gasteiger partial charge in [0, 0.05) is 19.3 Å². The van der Waals surface area contributed by atoms with Gasteiger partial charge in [0.25, 0.3) is 0 Å². The van der Waals surface area contributed by atoms with Crippen LogP contribution in [0.2, 0.25) is 0 Å². The van der Waals surface area contributed by atoms with Crippen LogP contribution < -0.4 is 5.32 Å². The van der Waals surface area contributed by atoms with Crippen LogP contribution in [0.5, 0.6) is 0 Å². The van der Waals surface area contributed by atoms with Crippen LogP contribution in [0.1, 0.15) is 43.8 Å². The summed E-state index contributed by atoms with van der Waals surface area (Å²) in [4.78, 5) is 0. The van der Waals surface area contributed by atoms with Crippen LogP contribution >= 0.6 is 0 Å². The molecule has 5 nitrogen and oxygen atoms in total. The molecular formula is C15H25N5. The van der Waals surface area contributed by atoms with Crippen molar-refractivity contribution in [3.8, 4) is 0 Å².